The van der Waals surface area contributed by atoms with Gasteiger partial charge in [0.05, 0.1) is 39.6 Å². The Hall–Kier alpha value is -3.56. The maximum absolute atomic E-state index is 14.2. The molecule has 6 heteroatoms. The van der Waals surface area contributed by atoms with E-state index < -0.39 is 7.80 Å². The third kappa shape index (κ3) is 6.46. The van der Waals surface area contributed by atoms with Gasteiger partial charge in [-0.2, -0.15) is 0 Å². The minimum absolute atomic E-state index is 0.206. The summed E-state index contributed by atoms with van der Waals surface area (Å²) >= 11 is 0. The van der Waals surface area contributed by atoms with Crippen LogP contribution in [-0.4, -0.2) is 28.4 Å². The molecule has 0 saturated heterocycles. The smallest absolute Gasteiger partial charge is 0.411 e. The van der Waals surface area contributed by atoms with Crippen molar-refractivity contribution in [2.75, 3.05) is 28.4 Å². The third-order valence-corrected chi connectivity index (χ3v) is 8.28. The van der Waals surface area contributed by atoms with Crippen LogP contribution in [0.1, 0.15) is 38.8 Å². The predicted octanol–water partition coefficient (Wildman–Crippen LogP) is 7.98. The van der Waals surface area contributed by atoms with Crippen molar-refractivity contribution in [2.24, 2.45) is 11.3 Å². The zero-order valence-corrected chi connectivity index (χ0v) is 24.5. The Morgan fingerprint density at radius 3 is 1.50 bits per heavy atom. The summed E-state index contributed by atoms with van der Waals surface area (Å²) in [7, 11) is 4.64. The second-order valence-electron chi connectivity index (χ2n) is 9.92. The molecule has 2 atom stereocenters. The van der Waals surface area contributed by atoms with Crippen LogP contribution in [0.3, 0.4) is 0 Å². The number of rotatable bonds is 10. The van der Waals surface area contributed by atoms with Gasteiger partial charge in [0.1, 0.15) is 23.0 Å². The van der Waals surface area contributed by atoms with Crippen molar-refractivity contribution >= 4 is 25.3 Å². The van der Waals surface area contributed by atoms with Crippen LogP contribution in [0.25, 0.3) is 12.2 Å². The van der Waals surface area contributed by atoms with Gasteiger partial charge in [-0.05, 0) is 47.9 Å². The van der Waals surface area contributed by atoms with Crippen LogP contribution >= 0.6 is 7.80 Å². The van der Waals surface area contributed by atoms with Crippen molar-refractivity contribution in [3.63, 3.8) is 0 Å². The number of hydrogen-bond donors (Lipinski definition) is 0. The molecule has 0 fully saturated rings. The maximum Gasteiger partial charge on any atom is 0.411 e. The molecule has 0 aliphatic heterocycles. The first-order chi connectivity index (χ1) is 18.2. The van der Waals surface area contributed by atoms with E-state index in [2.05, 4.69) is 33.8 Å². The molecular formula is C32H38O5P+. The highest BCUT2D eigenvalue weighted by atomic mass is 31.1. The number of benzene rings is 3. The fraction of sp³-hybridized carbons (Fsp3) is 0.312. The minimum atomic E-state index is -1.92. The van der Waals surface area contributed by atoms with Gasteiger partial charge in [-0.1, -0.05) is 68.2 Å². The molecule has 3 aromatic rings. The van der Waals surface area contributed by atoms with Crippen molar-refractivity contribution in [2.45, 2.75) is 27.7 Å². The lowest BCUT2D eigenvalue weighted by atomic mass is 9.78. The second kappa shape index (κ2) is 12.8. The summed E-state index contributed by atoms with van der Waals surface area (Å²) in [5, 5.41) is 1.53. The molecule has 0 N–H and O–H groups in total. The zero-order chi connectivity index (χ0) is 27.9. The van der Waals surface area contributed by atoms with E-state index in [4.69, 9.17) is 18.9 Å². The molecule has 5 nitrogen and oxygen atoms in total. The number of methoxy groups -OCH3 is 4. The van der Waals surface area contributed by atoms with Gasteiger partial charge < -0.3 is 18.9 Å². The largest absolute Gasteiger partial charge is 0.496 e. The van der Waals surface area contributed by atoms with Gasteiger partial charge in [0, 0.05) is 12.0 Å². The van der Waals surface area contributed by atoms with Crippen molar-refractivity contribution in [1.82, 2.24) is 0 Å². The van der Waals surface area contributed by atoms with E-state index in [0.29, 0.717) is 23.0 Å². The van der Waals surface area contributed by atoms with E-state index in [0.717, 1.165) is 27.3 Å². The Kier molecular flexibility index (Phi) is 9.77. The Balaban J connectivity index is 2.32. The van der Waals surface area contributed by atoms with Crippen molar-refractivity contribution in [3.8, 4) is 23.0 Å². The van der Waals surface area contributed by atoms with Crippen LogP contribution in [0.2, 0.25) is 0 Å². The first kappa shape index (κ1) is 29.0. The summed E-state index contributed by atoms with van der Waals surface area (Å²) in [5.41, 5.74) is 2.42. The molecular weight excluding hydrogens is 495 g/mol. The summed E-state index contributed by atoms with van der Waals surface area (Å²) in [4.78, 5) is 0. The topological polar surface area (TPSA) is 54.0 Å². The Morgan fingerprint density at radius 1 is 0.684 bits per heavy atom. The van der Waals surface area contributed by atoms with E-state index in [1.807, 2.05) is 72.8 Å². The first-order valence-corrected chi connectivity index (χ1v) is 13.8. The summed E-state index contributed by atoms with van der Waals surface area (Å²) < 4.78 is 37.0. The normalized spacial score (nSPS) is 13.5. The molecule has 0 radical (unpaired) electrons. The standard InChI is InChI=1S/C32H38O5P/c1-22(26(32(2,3)4)20-24-27(34-5)16-12-17-28(24)35-6)31(38(33)23-14-10-9-11-15-23)21-25-29(36-7)18-13-19-30(25)37-8/h9-22H,1-8H3/q+1. The third-order valence-electron chi connectivity index (χ3n) is 6.53. The van der Waals surface area contributed by atoms with Crippen molar-refractivity contribution < 1.29 is 23.5 Å². The van der Waals surface area contributed by atoms with Crippen LogP contribution in [0.15, 0.2) is 77.6 Å². The van der Waals surface area contributed by atoms with E-state index in [1.165, 1.54) is 0 Å². The average Bonchev–Trinajstić information content (AvgIpc) is 2.93. The van der Waals surface area contributed by atoms with E-state index in [1.54, 1.807) is 28.4 Å². The fourth-order valence-corrected chi connectivity index (χ4v) is 6.05. The Bertz CT molecular complexity index is 1270. The Labute approximate surface area is 227 Å². The maximum atomic E-state index is 14.2. The summed E-state index contributed by atoms with van der Waals surface area (Å²) in [6.45, 7) is 8.58. The number of allylic oxidation sites excluding steroid dienone is 2. The van der Waals surface area contributed by atoms with Gasteiger partial charge in [-0.3, -0.25) is 0 Å². The molecule has 2 unspecified atom stereocenters. The molecule has 0 aliphatic carbocycles. The van der Waals surface area contributed by atoms with Crippen LogP contribution < -0.4 is 24.3 Å². The molecule has 0 bridgehead atoms. The summed E-state index contributed by atoms with van der Waals surface area (Å²) in [6.07, 6.45) is 4.08. The van der Waals surface area contributed by atoms with Gasteiger partial charge in [0.2, 0.25) is 0 Å². The van der Waals surface area contributed by atoms with Gasteiger partial charge in [-0.25, -0.2) is 0 Å². The van der Waals surface area contributed by atoms with Crippen LogP contribution in [0, 0.1) is 11.3 Å². The van der Waals surface area contributed by atoms with Crippen molar-refractivity contribution in [1.29, 1.82) is 0 Å². The number of hydrogen-bond acceptors (Lipinski definition) is 5. The second-order valence-corrected chi connectivity index (χ2v) is 11.5. The highest BCUT2D eigenvalue weighted by molar-refractivity contribution is 7.58. The molecule has 0 amide bonds. The van der Waals surface area contributed by atoms with Crippen LogP contribution in [0.4, 0.5) is 0 Å². The number of ether oxygens (including phenoxy) is 4. The van der Waals surface area contributed by atoms with E-state index >= 15 is 0 Å². The Morgan fingerprint density at radius 2 is 1.11 bits per heavy atom. The van der Waals surface area contributed by atoms with E-state index in [-0.39, 0.29) is 11.3 Å². The summed E-state index contributed by atoms with van der Waals surface area (Å²) in [5.74, 6) is 2.52. The van der Waals surface area contributed by atoms with E-state index in [9.17, 15) is 4.57 Å². The molecule has 0 aliphatic rings. The molecule has 38 heavy (non-hydrogen) atoms. The molecule has 0 heterocycles. The monoisotopic (exact) mass is 533 g/mol. The fourth-order valence-electron chi connectivity index (χ4n) is 4.57. The van der Waals surface area contributed by atoms with Gasteiger partial charge >= 0.3 is 7.80 Å². The quantitative estimate of drug-likeness (QED) is 0.247. The minimum Gasteiger partial charge on any atom is -0.496 e. The predicted molar refractivity (Wildman–Crippen MR) is 157 cm³/mol. The van der Waals surface area contributed by atoms with Gasteiger partial charge in [-0.15, -0.1) is 0 Å². The highest BCUT2D eigenvalue weighted by Gasteiger charge is 2.37. The molecule has 3 aromatic carbocycles. The van der Waals surface area contributed by atoms with Gasteiger partial charge in [0.25, 0.3) is 0 Å². The molecule has 0 aromatic heterocycles. The zero-order valence-electron chi connectivity index (χ0n) is 23.6. The molecule has 0 saturated carbocycles. The lowest BCUT2D eigenvalue weighted by Crippen LogP contribution is -2.18. The summed E-state index contributed by atoms with van der Waals surface area (Å²) in [6, 6.07) is 20.9. The lowest BCUT2D eigenvalue weighted by molar-refractivity contribution is 0.392. The van der Waals surface area contributed by atoms with Gasteiger partial charge in [0.15, 0.2) is 10.6 Å². The van der Waals surface area contributed by atoms with Crippen LogP contribution in [0.5, 0.6) is 23.0 Å². The van der Waals surface area contributed by atoms with Crippen LogP contribution in [-0.2, 0) is 4.57 Å². The highest BCUT2D eigenvalue weighted by Crippen LogP contribution is 2.48. The van der Waals surface area contributed by atoms with Crippen molar-refractivity contribution in [3.05, 3.63) is 88.7 Å². The molecule has 3 rings (SSSR count). The molecule has 0 spiro atoms. The lowest BCUT2D eigenvalue weighted by Gasteiger charge is -2.28. The first-order valence-electron chi connectivity index (χ1n) is 12.5. The average molecular weight is 534 g/mol. The molecule has 200 valence electrons. The SMILES string of the molecule is COc1cccc(OC)c1C=C(C(C)C(=Cc1c(OC)cccc1OC)C(C)(C)C)[P+](=O)c1ccccc1.